The van der Waals surface area contributed by atoms with Crippen molar-refractivity contribution in [2.24, 2.45) is 0 Å². The number of nitrogens with one attached hydrogen (secondary N) is 2. The van der Waals surface area contributed by atoms with Crippen molar-refractivity contribution < 1.29 is 9.53 Å². The van der Waals surface area contributed by atoms with Crippen molar-refractivity contribution in [3.05, 3.63) is 59.9 Å². The minimum absolute atomic E-state index is 0.254. The summed E-state index contributed by atoms with van der Waals surface area (Å²) in [7, 11) is 0. The van der Waals surface area contributed by atoms with Crippen molar-refractivity contribution in [1.29, 1.82) is 0 Å². The highest BCUT2D eigenvalue weighted by atomic mass is 16.6. The van der Waals surface area contributed by atoms with E-state index in [1.54, 1.807) is 6.20 Å². The number of carbonyl (C=O) groups is 1. The Kier molecular flexibility index (Phi) is 5.77. The van der Waals surface area contributed by atoms with Crippen LogP contribution in [0, 0.1) is 0 Å². The number of nitrogens with zero attached hydrogens (tertiary/aromatic N) is 2. The Hall–Kier alpha value is -2.86. The molecule has 2 aromatic heterocycles. The molecule has 1 aliphatic heterocycles. The van der Waals surface area contributed by atoms with Gasteiger partial charge < -0.3 is 15.0 Å². The van der Waals surface area contributed by atoms with Crippen molar-refractivity contribution in [3.8, 4) is 0 Å². The first-order valence-corrected chi connectivity index (χ1v) is 10.6. The number of aromatic nitrogens is 2. The normalized spacial score (nSPS) is 17.8. The van der Waals surface area contributed by atoms with Crippen LogP contribution in [-0.4, -0.2) is 45.6 Å². The van der Waals surface area contributed by atoms with Gasteiger partial charge >= 0.3 is 5.97 Å². The molecular formula is C24H30N4O2. The highest BCUT2D eigenvalue weighted by molar-refractivity contribution is 6.04. The maximum atomic E-state index is 12.9. The summed E-state index contributed by atoms with van der Waals surface area (Å²) in [6.07, 6.45) is 5.64. The fraction of sp³-hybridized carbons (Fsp3) is 0.417. The lowest BCUT2D eigenvalue weighted by Crippen LogP contribution is -2.42. The number of rotatable bonds is 5. The molecule has 0 spiro atoms. The number of aromatic amines is 1. The molecule has 1 fully saturated rings. The minimum atomic E-state index is -0.557. The number of benzene rings is 1. The number of carbonyl (C=O) groups excluding carboxylic acids is 1. The maximum absolute atomic E-state index is 12.9. The second kappa shape index (κ2) is 8.48. The zero-order valence-corrected chi connectivity index (χ0v) is 17.9. The van der Waals surface area contributed by atoms with E-state index in [1.165, 1.54) is 5.56 Å². The molecule has 158 valence electrons. The summed E-state index contributed by atoms with van der Waals surface area (Å²) < 4.78 is 5.64. The number of piperidine rings is 1. The Labute approximate surface area is 177 Å². The fourth-order valence-corrected chi connectivity index (χ4v) is 4.01. The molecule has 6 nitrogen and oxygen atoms in total. The van der Waals surface area contributed by atoms with E-state index in [9.17, 15) is 4.79 Å². The second-order valence-electron chi connectivity index (χ2n) is 8.99. The summed E-state index contributed by atoms with van der Waals surface area (Å²) in [6.45, 7) is 8.58. The fourth-order valence-electron chi connectivity index (χ4n) is 4.01. The lowest BCUT2D eigenvalue weighted by molar-refractivity contribution is 0.00703. The molecule has 1 aromatic carbocycles. The molecule has 0 saturated carbocycles. The van der Waals surface area contributed by atoms with Crippen LogP contribution >= 0.6 is 0 Å². The topological polar surface area (TPSA) is 70.2 Å². The van der Waals surface area contributed by atoms with Crippen molar-refractivity contribution in [1.82, 2.24) is 14.9 Å². The van der Waals surface area contributed by atoms with Crippen LogP contribution in [0.3, 0.4) is 0 Å². The zero-order valence-electron chi connectivity index (χ0n) is 17.9. The Morgan fingerprint density at radius 2 is 2.07 bits per heavy atom. The first-order chi connectivity index (χ1) is 14.4. The minimum Gasteiger partial charge on any atom is -0.456 e. The average Bonchev–Trinajstić information content (AvgIpc) is 3.17. The van der Waals surface area contributed by atoms with Gasteiger partial charge in [-0.15, -0.1) is 0 Å². The van der Waals surface area contributed by atoms with Gasteiger partial charge in [-0.3, -0.25) is 4.90 Å². The van der Waals surface area contributed by atoms with Gasteiger partial charge in [0.1, 0.15) is 16.8 Å². The molecule has 0 amide bonds. The summed E-state index contributed by atoms with van der Waals surface area (Å²) >= 11 is 0. The van der Waals surface area contributed by atoms with Crippen LogP contribution in [0.1, 0.15) is 49.5 Å². The maximum Gasteiger partial charge on any atom is 0.342 e. The van der Waals surface area contributed by atoms with E-state index >= 15 is 0 Å². The zero-order chi connectivity index (χ0) is 21.1. The monoisotopic (exact) mass is 406 g/mol. The molecule has 3 aromatic rings. The van der Waals surface area contributed by atoms with E-state index in [0.29, 0.717) is 5.56 Å². The van der Waals surface area contributed by atoms with Gasteiger partial charge in [0.2, 0.25) is 0 Å². The summed E-state index contributed by atoms with van der Waals surface area (Å²) in [5, 5.41) is 4.57. The van der Waals surface area contributed by atoms with Crippen LogP contribution in [0.2, 0.25) is 0 Å². The summed E-state index contributed by atoms with van der Waals surface area (Å²) in [4.78, 5) is 22.9. The van der Waals surface area contributed by atoms with E-state index < -0.39 is 5.60 Å². The third-order valence-electron chi connectivity index (χ3n) is 5.31. The molecule has 1 saturated heterocycles. The van der Waals surface area contributed by atoms with Gasteiger partial charge in [0.25, 0.3) is 0 Å². The Bertz CT molecular complexity index is 1010. The molecule has 4 rings (SSSR count). The molecular weight excluding hydrogens is 376 g/mol. The van der Waals surface area contributed by atoms with Gasteiger partial charge in [-0.1, -0.05) is 30.3 Å². The standard InChI is InChI=1S/C24H30N4O2/c1-24(2,3)30-23(29)20-14-26-22-19(11-12-25-22)21(20)27-18-10-7-13-28(16-18)15-17-8-5-4-6-9-17/h4-6,8-9,11-12,14,18H,7,10,13,15-16H2,1-3H3,(H2,25,26,27)/t18-/m1/s1. The number of H-pyrrole nitrogens is 1. The van der Waals surface area contributed by atoms with Gasteiger partial charge in [-0.05, 0) is 51.8 Å². The first-order valence-electron chi connectivity index (χ1n) is 10.6. The average molecular weight is 407 g/mol. The van der Waals surface area contributed by atoms with E-state index in [-0.39, 0.29) is 12.0 Å². The predicted molar refractivity (Wildman–Crippen MR) is 120 cm³/mol. The van der Waals surface area contributed by atoms with Crippen molar-refractivity contribution in [2.75, 3.05) is 18.4 Å². The lowest BCUT2D eigenvalue weighted by Gasteiger charge is -2.34. The largest absolute Gasteiger partial charge is 0.456 e. The lowest BCUT2D eigenvalue weighted by atomic mass is 10.0. The number of esters is 1. The first kappa shape index (κ1) is 20.4. The van der Waals surface area contributed by atoms with Crippen LogP contribution in [0.15, 0.2) is 48.8 Å². The molecule has 1 aliphatic rings. The number of ether oxygens (including phenoxy) is 1. The molecule has 0 unspecified atom stereocenters. The second-order valence-corrected chi connectivity index (χ2v) is 8.99. The molecule has 6 heteroatoms. The van der Waals surface area contributed by atoms with Gasteiger partial charge in [-0.2, -0.15) is 0 Å². The highest BCUT2D eigenvalue weighted by Crippen LogP contribution is 2.29. The van der Waals surface area contributed by atoms with Crippen molar-refractivity contribution in [3.63, 3.8) is 0 Å². The smallest absolute Gasteiger partial charge is 0.342 e. The van der Waals surface area contributed by atoms with Crippen LogP contribution in [0.25, 0.3) is 11.0 Å². The molecule has 30 heavy (non-hydrogen) atoms. The predicted octanol–water partition coefficient (Wildman–Crippen LogP) is 4.59. The van der Waals surface area contributed by atoms with E-state index in [2.05, 4.69) is 44.5 Å². The van der Waals surface area contributed by atoms with Gasteiger partial charge in [0, 0.05) is 36.9 Å². The molecule has 0 radical (unpaired) electrons. The highest BCUT2D eigenvalue weighted by Gasteiger charge is 2.26. The van der Waals surface area contributed by atoms with Gasteiger partial charge in [-0.25, -0.2) is 9.78 Å². The Morgan fingerprint density at radius 3 is 2.83 bits per heavy atom. The Morgan fingerprint density at radius 1 is 1.27 bits per heavy atom. The van der Waals surface area contributed by atoms with Crippen LogP contribution in [0.5, 0.6) is 0 Å². The Balaban J connectivity index is 1.55. The molecule has 0 bridgehead atoms. The summed E-state index contributed by atoms with van der Waals surface area (Å²) in [5.74, 6) is -0.349. The van der Waals surface area contributed by atoms with Gasteiger partial charge in [0.05, 0.1) is 5.69 Å². The van der Waals surface area contributed by atoms with E-state index in [0.717, 1.165) is 49.2 Å². The third kappa shape index (κ3) is 4.82. The molecule has 0 aliphatic carbocycles. The van der Waals surface area contributed by atoms with E-state index in [1.807, 2.05) is 39.1 Å². The summed E-state index contributed by atoms with van der Waals surface area (Å²) in [6, 6.07) is 12.8. The number of likely N-dealkylation sites (tertiary alicyclic amines) is 1. The quantitative estimate of drug-likeness (QED) is 0.606. The van der Waals surface area contributed by atoms with Crippen LogP contribution in [-0.2, 0) is 11.3 Å². The number of fused-ring (bicyclic) bond motifs is 1. The van der Waals surface area contributed by atoms with Gasteiger partial charge in [0.15, 0.2) is 0 Å². The van der Waals surface area contributed by atoms with Crippen molar-refractivity contribution >= 4 is 22.7 Å². The number of hydrogen-bond acceptors (Lipinski definition) is 5. The number of anilines is 1. The van der Waals surface area contributed by atoms with Crippen molar-refractivity contribution in [2.45, 2.75) is 51.8 Å². The summed E-state index contributed by atoms with van der Waals surface area (Å²) in [5.41, 5.74) is 2.82. The SMILES string of the molecule is CC(C)(C)OC(=O)c1cnc2[nH]ccc2c1N[C@@H]1CCCN(Cc2ccccc2)C1. The number of hydrogen-bond donors (Lipinski definition) is 2. The van der Waals surface area contributed by atoms with Crippen LogP contribution in [0.4, 0.5) is 5.69 Å². The number of pyridine rings is 1. The third-order valence-corrected chi connectivity index (χ3v) is 5.31. The molecule has 1 atom stereocenters. The van der Waals surface area contributed by atoms with Crippen LogP contribution < -0.4 is 5.32 Å². The van der Waals surface area contributed by atoms with E-state index in [4.69, 9.17) is 4.74 Å². The molecule has 3 heterocycles. The molecule has 2 N–H and O–H groups in total.